The van der Waals surface area contributed by atoms with Crippen LogP contribution in [-0.4, -0.2) is 18.4 Å². The van der Waals surface area contributed by atoms with E-state index in [4.69, 9.17) is 27.9 Å². The van der Waals surface area contributed by atoms with Crippen molar-refractivity contribution in [1.29, 1.82) is 0 Å². The highest BCUT2D eigenvalue weighted by molar-refractivity contribution is 7.98. The average Bonchev–Trinajstić information content (AvgIpc) is 2.74. The highest BCUT2D eigenvalue weighted by atomic mass is 35.5. The zero-order valence-corrected chi connectivity index (χ0v) is 18.6. The molecule has 0 fully saturated rings. The first kappa shape index (κ1) is 22.2. The molecule has 0 aliphatic heterocycles. The molecule has 154 valence electrons. The maximum absolute atomic E-state index is 12.2. The van der Waals surface area contributed by atoms with E-state index in [1.54, 1.807) is 30.0 Å². The van der Waals surface area contributed by atoms with E-state index in [-0.39, 0.29) is 12.3 Å². The Bertz CT molecular complexity index is 1040. The predicted molar refractivity (Wildman–Crippen MR) is 125 cm³/mol. The average molecular weight is 459 g/mol. The van der Waals surface area contributed by atoms with Crippen LogP contribution in [0, 0.1) is 0 Å². The molecule has 0 aliphatic carbocycles. The van der Waals surface area contributed by atoms with Crippen molar-refractivity contribution in [2.45, 2.75) is 17.9 Å². The Morgan fingerprint density at radius 2 is 1.90 bits per heavy atom. The Labute approximate surface area is 190 Å². The predicted octanol–water partition coefficient (Wildman–Crippen LogP) is 5.99. The Morgan fingerprint density at radius 1 is 1.10 bits per heavy atom. The van der Waals surface area contributed by atoms with Crippen molar-refractivity contribution in [3.8, 4) is 5.75 Å². The number of thioether (sulfide) groups is 1. The third-order valence-electron chi connectivity index (χ3n) is 4.19. The smallest absolute Gasteiger partial charge is 0.244 e. The van der Waals surface area contributed by atoms with Crippen LogP contribution in [0.15, 0.2) is 76.7 Å². The van der Waals surface area contributed by atoms with Gasteiger partial charge in [0, 0.05) is 9.92 Å². The Morgan fingerprint density at radius 3 is 2.63 bits per heavy atom. The number of halogens is 2. The first-order valence-corrected chi connectivity index (χ1v) is 11.1. The van der Waals surface area contributed by atoms with E-state index in [9.17, 15) is 4.79 Å². The van der Waals surface area contributed by atoms with Crippen molar-refractivity contribution in [1.82, 2.24) is 5.43 Å². The number of carbonyl (C=O) groups excluding carboxylic acids is 1. The molecular weight excluding hydrogens is 439 g/mol. The first-order chi connectivity index (χ1) is 14.5. The van der Waals surface area contributed by atoms with Crippen LogP contribution in [0.25, 0.3) is 0 Å². The molecule has 3 rings (SSSR count). The Balaban J connectivity index is 1.55. The summed E-state index contributed by atoms with van der Waals surface area (Å²) in [4.78, 5) is 13.2. The highest BCUT2D eigenvalue weighted by Crippen LogP contribution is 2.26. The third kappa shape index (κ3) is 6.52. The minimum atomic E-state index is -0.224. The molecule has 3 aromatic carbocycles. The number of ether oxygens (including phenoxy) is 1. The molecule has 1 amide bonds. The topological polar surface area (TPSA) is 50.7 Å². The minimum absolute atomic E-state index is 0.196. The van der Waals surface area contributed by atoms with Gasteiger partial charge in [0.05, 0.1) is 17.7 Å². The van der Waals surface area contributed by atoms with Gasteiger partial charge >= 0.3 is 0 Å². The summed E-state index contributed by atoms with van der Waals surface area (Å²) in [6.45, 7) is 0.436. The summed E-state index contributed by atoms with van der Waals surface area (Å²) in [5.74, 6) is 0.366. The summed E-state index contributed by atoms with van der Waals surface area (Å²) in [5.41, 5.74) is 5.21. The van der Waals surface area contributed by atoms with Gasteiger partial charge in [0.15, 0.2) is 0 Å². The van der Waals surface area contributed by atoms with Crippen molar-refractivity contribution in [3.63, 3.8) is 0 Å². The number of nitrogens with one attached hydrogen (secondary N) is 1. The quantitative estimate of drug-likeness (QED) is 0.256. The molecular formula is C23H20Cl2N2O2S. The molecule has 0 unspecified atom stereocenters. The lowest BCUT2D eigenvalue weighted by atomic mass is 10.1. The van der Waals surface area contributed by atoms with Gasteiger partial charge in [-0.3, -0.25) is 4.79 Å². The van der Waals surface area contributed by atoms with Gasteiger partial charge in [0.2, 0.25) is 5.91 Å². The second-order valence-electron chi connectivity index (χ2n) is 6.39. The van der Waals surface area contributed by atoms with Crippen LogP contribution in [-0.2, 0) is 17.8 Å². The summed E-state index contributed by atoms with van der Waals surface area (Å²) < 4.78 is 5.76. The van der Waals surface area contributed by atoms with E-state index in [1.807, 2.05) is 54.8 Å². The molecule has 0 heterocycles. The summed E-state index contributed by atoms with van der Waals surface area (Å²) in [7, 11) is 0. The van der Waals surface area contributed by atoms with Crippen molar-refractivity contribution in [2.75, 3.05) is 6.26 Å². The molecule has 0 saturated heterocycles. The number of amides is 1. The van der Waals surface area contributed by atoms with Crippen molar-refractivity contribution in [2.24, 2.45) is 5.10 Å². The third-order valence-corrected chi connectivity index (χ3v) is 5.56. The fourth-order valence-electron chi connectivity index (χ4n) is 2.73. The largest absolute Gasteiger partial charge is 0.487 e. The van der Waals surface area contributed by atoms with Gasteiger partial charge in [-0.05, 0) is 59.3 Å². The number of nitrogens with zero attached hydrogens (tertiary/aromatic N) is 1. The van der Waals surface area contributed by atoms with E-state index in [2.05, 4.69) is 10.5 Å². The number of benzene rings is 3. The fourth-order valence-corrected chi connectivity index (χ4v) is 3.76. The van der Waals surface area contributed by atoms with E-state index >= 15 is 0 Å². The number of rotatable bonds is 8. The maximum atomic E-state index is 12.2. The lowest BCUT2D eigenvalue weighted by molar-refractivity contribution is -0.120. The molecule has 7 heteroatoms. The van der Waals surface area contributed by atoms with E-state index in [1.165, 1.54) is 6.21 Å². The van der Waals surface area contributed by atoms with Crippen molar-refractivity contribution >= 4 is 47.1 Å². The van der Waals surface area contributed by atoms with Crippen LogP contribution < -0.4 is 10.2 Å². The van der Waals surface area contributed by atoms with Gasteiger partial charge in [-0.15, -0.1) is 11.8 Å². The molecule has 0 radical (unpaired) electrons. The summed E-state index contributed by atoms with van der Waals surface area (Å²) >= 11 is 13.9. The molecule has 0 spiro atoms. The van der Waals surface area contributed by atoms with Gasteiger partial charge in [0.25, 0.3) is 0 Å². The van der Waals surface area contributed by atoms with Crippen molar-refractivity contribution < 1.29 is 9.53 Å². The Kier molecular flexibility index (Phi) is 8.20. The number of hydrogen-bond acceptors (Lipinski definition) is 4. The van der Waals surface area contributed by atoms with E-state index in [0.29, 0.717) is 22.4 Å². The van der Waals surface area contributed by atoms with E-state index in [0.717, 1.165) is 21.6 Å². The fraction of sp³-hybridized carbons (Fsp3) is 0.130. The van der Waals surface area contributed by atoms with Crippen LogP contribution in [0.2, 0.25) is 10.0 Å². The van der Waals surface area contributed by atoms with Gasteiger partial charge in [-0.1, -0.05) is 53.5 Å². The lowest BCUT2D eigenvalue weighted by Gasteiger charge is -2.09. The minimum Gasteiger partial charge on any atom is -0.487 e. The summed E-state index contributed by atoms with van der Waals surface area (Å²) in [5, 5.41) is 5.09. The lowest BCUT2D eigenvalue weighted by Crippen LogP contribution is -2.20. The molecule has 0 aromatic heterocycles. The summed E-state index contributed by atoms with van der Waals surface area (Å²) in [6, 6.07) is 20.7. The molecule has 0 atom stereocenters. The maximum Gasteiger partial charge on any atom is 0.244 e. The van der Waals surface area contributed by atoms with Crippen molar-refractivity contribution in [3.05, 3.63) is 93.5 Å². The van der Waals surface area contributed by atoms with Crippen LogP contribution in [0.5, 0.6) is 5.75 Å². The second-order valence-corrected chi connectivity index (χ2v) is 8.08. The number of hydrazone groups is 1. The molecule has 30 heavy (non-hydrogen) atoms. The zero-order chi connectivity index (χ0) is 21.3. The highest BCUT2D eigenvalue weighted by Gasteiger charge is 2.08. The van der Waals surface area contributed by atoms with Crippen LogP contribution in [0.1, 0.15) is 16.7 Å². The second kappa shape index (κ2) is 11.1. The first-order valence-electron chi connectivity index (χ1n) is 9.16. The normalized spacial score (nSPS) is 10.9. The molecule has 3 aromatic rings. The van der Waals surface area contributed by atoms with Gasteiger partial charge in [-0.25, -0.2) is 5.43 Å². The molecule has 0 saturated carbocycles. The van der Waals surface area contributed by atoms with Gasteiger partial charge in [0.1, 0.15) is 12.4 Å². The van der Waals surface area contributed by atoms with Crippen LogP contribution >= 0.6 is 35.0 Å². The number of carbonyl (C=O) groups is 1. The zero-order valence-electron chi connectivity index (χ0n) is 16.3. The molecule has 0 aliphatic rings. The molecule has 0 bridgehead atoms. The van der Waals surface area contributed by atoms with E-state index < -0.39 is 0 Å². The van der Waals surface area contributed by atoms with Gasteiger partial charge < -0.3 is 4.74 Å². The SMILES string of the molecule is CSc1ccc(Cl)cc1CC(=O)N/N=C\c1ccc(OCc2ccccc2)c(Cl)c1. The van der Waals surface area contributed by atoms with Gasteiger partial charge in [-0.2, -0.15) is 5.10 Å². The molecule has 1 N–H and O–H groups in total. The standard InChI is InChI=1S/C23H20Cl2N2O2S/c1-30-22-10-8-19(24)12-18(22)13-23(28)27-26-14-17-7-9-21(20(25)11-17)29-15-16-5-3-2-4-6-16/h2-12,14H,13,15H2,1H3,(H,27,28)/b26-14-. The summed E-state index contributed by atoms with van der Waals surface area (Å²) in [6.07, 6.45) is 3.69. The molecule has 4 nitrogen and oxygen atoms in total. The monoisotopic (exact) mass is 458 g/mol. The van der Waals surface area contributed by atoms with Crippen LogP contribution in [0.4, 0.5) is 0 Å². The number of hydrogen-bond donors (Lipinski definition) is 1. The Hall–Kier alpha value is -2.47. The van der Waals surface area contributed by atoms with Crippen LogP contribution in [0.3, 0.4) is 0 Å².